The molecule has 0 heterocycles. The number of anilines is 1. The van der Waals surface area contributed by atoms with Crippen molar-refractivity contribution in [2.75, 3.05) is 19.0 Å². The maximum Gasteiger partial charge on any atom is 0.185 e. The molecule has 0 atom stereocenters. The van der Waals surface area contributed by atoms with Crippen LogP contribution in [-0.2, 0) is 0 Å². The van der Waals surface area contributed by atoms with Crippen LogP contribution >= 0.6 is 0 Å². The quantitative estimate of drug-likeness (QED) is 0.616. The average molecular weight is 265 g/mol. The first kappa shape index (κ1) is 14.1. The highest BCUT2D eigenvalue weighted by Crippen LogP contribution is 2.14. The number of rotatable bonds is 4. The molecular formula is C18H19NO. The molecule has 0 radical (unpaired) electrons. The van der Waals surface area contributed by atoms with Crippen molar-refractivity contribution in [3.05, 3.63) is 71.3 Å². The Bertz CT molecular complexity index is 624. The number of carbonyl (C=O) groups is 1. The van der Waals surface area contributed by atoms with Crippen molar-refractivity contribution in [2.45, 2.75) is 6.92 Å². The SMILES string of the molecule is Cc1cccc(C(=O)/C=C/c2ccc(N(C)C)cc2)c1. The lowest BCUT2D eigenvalue weighted by molar-refractivity contribution is 0.104. The van der Waals surface area contributed by atoms with Gasteiger partial charge in [-0.2, -0.15) is 0 Å². The first-order valence-corrected chi connectivity index (χ1v) is 6.63. The van der Waals surface area contributed by atoms with Crippen LogP contribution in [0.15, 0.2) is 54.6 Å². The topological polar surface area (TPSA) is 20.3 Å². The number of hydrogen-bond donors (Lipinski definition) is 0. The van der Waals surface area contributed by atoms with E-state index in [1.165, 1.54) is 0 Å². The van der Waals surface area contributed by atoms with Gasteiger partial charge >= 0.3 is 0 Å². The van der Waals surface area contributed by atoms with E-state index in [4.69, 9.17) is 0 Å². The molecule has 0 bridgehead atoms. The molecule has 2 nitrogen and oxygen atoms in total. The third-order valence-corrected chi connectivity index (χ3v) is 3.14. The molecule has 20 heavy (non-hydrogen) atoms. The molecule has 0 aliphatic carbocycles. The molecule has 0 saturated heterocycles. The maximum absolute atomic E-state index is 12.1. The van der Waals surface area contributed by atoms with Crippen molar-refractivity contribution in [1.82, 2.24) is 0 Å². The fraction of sp³-hybridized carbons (Fsp3) is 0.167. The molecule has 0 unspecified atom stereocenters. The number of ketones is 1. The second kappa shape index (κ2) is 6.20. The van der Waals surface area contributed by atoms with Gasteiger partial charge < -0.3 is 4.90 Å². The van der Waals surface area contributed by atoms with Gasteiger partial charge in [-0.15, -0.1) is 0 Å². The fourth-order valence-electron chi connectivity index (χ4n) is 1.95. The van der Waals surface area contributed by atoms with E-state index in [9.17, 15) is 4.79 Å². The Kier molecular flexibility index (Phi) is 4.36. The van der Waals surface area contributed by atoms with Crippen LogP contribution < -0.4 is 4.90 Å². The zero-order valence-electron chi connectivity index (χ0n) is 12.1. The van der Waals surface area contributed by atoms with E-state index in [0.29, 0.717) is 0 Å². The lowest BCUT2D eigenvalue weighted by Gasteiger charge is -2.11. The fourth-order valence-corrected chi connectivity index (χ4v) is 1.95. The van der Waals surface area contributed by atoms with E-state index in [1.807, 2.05) is 80.5 Å². The monoisotopic (exact) mass is 265 g/mol. The highest BCUT2D eigenvalue weighted by molar-refractivity contribution is 6.06. The Labute approximate surface area is 120 Å². The molecule has 2 heteroatoms. The van der Waals surface area contributed by atoms with Crippen molar-refractivity contribution < 1.29 is 4.79 Å². The third-order valence-electron chi connectivity index (χ3n) is 3.14. The predicted octanol–water partition coefficient (Wildman–Crippen LogP) is 3.96. The number of allylic oxidation sites excluding steroid dienone is 1. The van der Waals surface area contributed by atoms with E-state index >= 15 is 0 Å². The lowest BCUT2D eigenvalue weighted by atomic mass is 10.1. The van der Waals surface area contributed by atoms with Gasteiger partial charge in [-0.25, -0.2) is 0 Å². The normalized spacial score (nSPS) is 10.8. The standard InChI is InChI=1S/C18H19NO/c1-14-5-4-6-16(13-14)18(20)12-9-15-7-10-17(11-8-15)19(2)3/h4-13H,1-3H3/b12-9+. The summed E-state index contributed by atoms with van der Waals surface area (Å²) >= 11 is 0. The summed E-state index contributed by atoms with van der Waals surface area (Å²) in [5.41, 5.74) is 3.99. The van der Waals surface area contributed by atoms with Gasteiger partial charge in [-0.1, -0.05) is 42.0 Å². The van der Waals surface area contributed by atoms with Crippen LogP contribution in [0.2, 0.25) is 0 Å². The van der Waals surface area contributed by atoms with Crippen molar-refractivity contribution in [3.8, 4) is 0 Å². The summed E-state index contributed by atoms with van der Waals surface area (Å²) in [6, 6.07) is 15.7. The van der Waals surface area contributed by atoms with Crippen LogP contribution in [0.1, 0.15) is 21.5 Å². The highest BCUT2D eigenvalue weighted by Gasteiger charge is 2.01. The van der Waals surface area contributed by atoms with E-state index in [2.05, 4.69) is 0 Å². The summed E-state index contributed by atoms with van der Waals surface area (Å²) in [6.07, 6.45) is 3.48. The highest BCUT2D eigenvalue weighted by atomic mass is 16.1. The van der Waals surface area contributed by atoms with E-state index in [0.717, 1.165) is 22.4 Å². The maximum atomic E-state index is 12.1. The minimum atomic E-state index is 0.0328. The van der Waals surface area contributed by atoms with Gasteiger partial charge in [0.2, 0.25) is 0 Å². The van der Waals surface area contributed by atoms with E-state index in [-0.39, 0.29) is 5.78 Å². The molecular weight excluding hydrogens is 246 g/mol. The molecule has 0 spiro atoms. The molecule has 0 fully saturated rings. The van der Waals surface area contributed by atoms with E-state index in [1.54, 1.807) is 6.08 Å². The van der Waals surface area contributed by atoms with Crippen molar-refractivity contribution in [3.63, 3.8) is 0 Å². The van der Waals surface area contributed by atoms with E-state index < -0.39 is 0 Å². The molecule has 0 aliphatic rings. The molecule has 0 aromatic heterocycles. The summed E-state index contributed by atoms with van der Waals surface area (Å²) in [6.45, 7) is 1.99. The van der Waals surface area contributed by atoms with Crippen LogP contribution in [0.4, 0.5) is 5.69 Å². The van der Waals surface area contributed by atoms with Gasteiger partial charge in [0, 0.05) is 25.3 Å². The first-order chi connectivity index (χ1) is 9.56. The zero-order chi connectivity index (χ0) is 14.5. The Balaban J connectivity index is 2.11. The van der Waals surface area contributed by atoms with Gasteiger partial charge in [0.25, 0.3) is 0 Å². The average Bonchev–Trinajstić information content (AvgIpc) is 2.45. The van der Waals surface area contributed by atoms with Crippen molar-refractivity contribution in [2.24, 2.45) is 0 Å². The molecule has 102 valence electrons. The second-order valence-corrected chi connectivity index (χ2v) is 5.05. The van der Waals surface area contributed by atoms with Crippen molar-refractivity contribution in [1.29, 1.82) is 0 Å². The molecule has 2 aromatic rings. The van der Waals surface area contributed by atoms with Crippen LogP contribution in [0.3, 0.4) is 0 Å². The third kappa shape index (κ3) is 3.58. The van der Waals surface area contributed by atoms with Gasteiger partial charge in [0.15, 0.2) is 5.78 Å². The number of benzene rings is 2. The molecule has 2 rings (SSSR count). The molecule has 0 amide bonds. The number of hydrogen-bond acceptors (Lipinski definition) is 2. The molecule has 0 aliphatic heterocycles. The molecule has 0 saturated carbocycles. The second-order valence-electron chi connectivity index (χ2n) is 5.05. The summed E-state index contributed by atoms with van der Waals surface area (Å²) in [5, 5.41) is 0. The van der Waals surface area contributed by atoms with Crippen molar-refractivity contribution >= 4 is 17.5 Å². The smallest absolute Gasteiger partial charge is 0.185 e. The number of carbonyl (C=O) groups excluding carboxylic acids is 1. The van der Waals surface area contributed by atoms with Crippen LogP contribution in [0, 0.1) is 6.92 Å². The largest absolute Gasteiger partial charge is 0.378 e. The zero-order valence-corrected chi connectivity index (χ0v) is 12.1. The van der Waals surface area contributed by atoms with Gasteiger partial charge in [-0.05, 0) is 36.8 Å². The lowest BCUT2D eigenvalue weighted by Crippen LogP contribution is -2.07. The molecule has 2 aromatic carbocycles. The first-order valence-electron chi connectivity index (χ1n) is 6.63. The Morgan fingerprint density at radius 1 is 1.05 bits per heavy atom. The predicted molar refractivity (Wildman–Crippen MR) is 85.3 cm³/mol. The summed E-state index contributed by atoms with van der Waals surface area (Å²) in [4.78, 5) is 14.1. The Morgan fingerprint density at radius 2 is 1.75 bits per heavy atom. The Morgan fingerprint density at radius 3 is 2.35 bits per heavy atom. The summed E-state index contributed by atoms with van der Waals surface area (Å²) < 4.78 is 0. The minimum absolute atomic E-state index is 0.0328. The van der Waals surface area contributed by atoms with Crippen LogP contribution in [-0.4, -0.2) is 19.9 Å². The summed E-state index contributed by atoms with van der Waals surface area (Å²) in [7, 11) is 4.01. The van der Waals surface area contributed by atoms with Crippen LogP contribution in [0.25, 0.3) is 6.08 Å². The van der Waals surface area contributed by atoms with Crippen LogP contribution in [0.5, 0.6) is 0 Å². The number of aryl methyl sites for hydroxylation is 1. The van der Waals surface area contributed by atoms with Gasteiger partial charge in [0.05, 0.1) is 0 Å². The minimum Gasteiger partial charge on any atom is -0.378 e. The van der Waals surface area contributed by atoms with Gasteiger partial charge in [0.1, 0.15) is 0 Å². The number of nitrogens with zero attached hydrogens (tertiary/aromatic N) is 1. The van der Waals surface area contributed by atoms with Gasteiger partial charge in [-0.3, -0.25) is 4.79 Å². The Hall–Kier alpha value is -2.35. The summed E-state index contributed by atoms with van der Waals surface area (Å²) in [5.74, 6) is 0.0328. The molecule has 0 N–H and O–H groups in total.